The van der Waals surface area contributed by atoms with Gasteiger partial charge in [-0.2, -0.15) is 0 Å². The third kappa shape index (κ3) is 3.79. The van der Waals surface area contributed by atoms with E-state index in [0.29, 0.717) is 18.3 Å². The maximum absolute atomic E-state index is 13.3. The second-order valence-corrected chi connectivity index (χ2v) is 5.28. The average molecular weight is 289 g/mol. The van der Waals surface area contributed by atoms with Gasteiger partial charge in [-0.25, -0.2) is 8.78 Å². The first-order valence-electron chi connectivity index (χ1n) is 7.12. The van der Waals surface area contributed by atoms with Gasteiger partial charge in [0.15, 0.2) is 11.6 Å². The van der Waals surface area contributed by atoms with Crippen molar-refractivity contribution < 1.29 is 13.5 Å². The van der Waals surface area contributed by atoms with Crippen LogP contribution in [-0.2, 0) is 0 Å². The Balaban J connectivity index is 1.75. The van der Waals surface area contributed by atoms with Crippen molar-refractivity contribution in [2.75, 3.05) is 6.54 Å². The van der Waals surface area contributed by atoms with Crippen molar-refractivity contribution in [3.63, 3.8) is 0 Å². The summed E-state index contributed by atoms with van der Waals surface area (Å²) in [6.45, 7) is 0.647. The Kier molecular flexibility index (Phi) is 4.15. The predicted molar refractivity (Wildman–Crippen MR) is 77.2 cm³/mol. The van der Waals surface area contributed by atoms with Crippen LogP contribution in [0.5, 0.6) is 5.75 Å². The molecule has 1 aliphatic carbocycles. The van der Waals surface area contributed by atoms with Crippen LogP contribution in [0.3, 0.4) is 0 Å². The summed E-state index contributed by atoms with van der Waals surface area (Å²) in [4.78, 5) is 0. The molecule has 2 aromatic rings. The summed E-state index contributed by atoms with van der Waals surface area (Å²) in [5.74, 6) is -1.43. The predicted octanol–water partition coefficient (Wildman–Crippen LogP) is 3.84. The van der Waals surface area contributed by atoms with Gasteiger partial charge in [0.25, 0.3) is 0 Å². The van der Waals surface area contributed by atoms with Gasteiger partial charge in [-0.3, -0.25) is 0 Å². The Morgan fingerprint density at radius 3 is 2.48 bits per heavy atom. The van der Waals surface area contributed by atoms with Crippen LogP contribution in [0.1, 0.15) is 24.5 Å². The topological polar surface area (TPSA) is 21.3 Å². The summed E-state index contributed by atoms with van der Waals surface area (Å²) in [6.07, 6.45) is 2.15. The largest absolute Gasteiger partial charge is 0.484 e. The number of benzene rings is 2. The van der Waals surface area contributed by atoms with Crippen LogP contribution < -0.4 is 10.1 Å². The second kappa shape index (κ2) is 6.22. The van der Waals surface area contributed by atoms with E-state index in [0.717, 1.165) is 17.7 Å². The summed E-state index contributed by atoms with van der Waals surface area (Å²) in [5, 5.41) is 3.41. The number of hydrogen-bond donors (Lipinski definition) is 1. The lowest BCUT2D eigenvalue weighted by molar-refractivity contribution is 0.200. The van der Waals surface area contributed by atoms with Crippen LogP contribution in [0.4, 0.5) is 8.78 Å². The Morgan fingerprint density at radius 2 is 1.81 bits per heavy atom. The summed E-state index contributed by atoms with van der Waals surface area (Å²) in [6, 6.07) is 13.9. The van der Waals surface area contributed by atoms with Crippen molar-refractivity contribution in [3.05, 3.63) is 65.7 Å². The van der Waals surface area contributed by atoms with E-state index >= 15 is 0 Å². The van der Waals surface area contributed by atoms with E-state index in [2.05, 4.69) is 5.32 Å². The second-order valence-electron chi connectivity index (χ2n) is 5.28. The normalized spacial score (nSPS) is 15.7. The highest BCUT2D eigenvalue weighted by Gasteiger charge is 2.23. The average Bonchev–Trinajstić information content (AvgIpc) is 3.32. The monoisotopic (exact) mass is 289 g/mol. The van der Waals surface area contributed by atoms with Gasteiger partial charge < -0.3 is 10.1 Å². The molecule has 0 spiro atoms. The highest BCUT2D eigenvalue weighted by Crippen LogP contribution is 2.25. The molecule has 0 heterocycles. The van der Waals surface area contributed by atoms with Crippen LogP contribution in [0.15, 0.2) is 48.5 Å². The van der Waals surface area contributed by atoms with Gasteiger partial charge in [-0.15, -0.1) is 0 Å². The zero-order chi connectivity index (χ0) is 14.7. The van der Waals surface area contributed by atoms with E-state index in [-0.39, 0.29) is 6.10 Å². The fraction of sp³-hybridized carbons (Fsp3) is 0.294. The van der Waals surface area contributed by atoms with Crippen molar-refractivity contribution in [2.24, 2.45) is 0 Å². The smallest absolute Gasteiger partial charge is 0.162 e. The molecule has 2 aromatic carbocycles. The number of ether oxygens (including phenoxy) is 1. The molecule has 21 heavy (non-hydrogen) atoms. The summed E-state index contributed by atoms with van der Waals surface area (Å²) >= 11 is 0. The van der Waals surface area contributed by atoms with E-state index in [9.17, 15) is 8.78 Å². The molecule has 0 aromatic heterocycles. The van der Waals surface area contributed by atoms with Gasteiger partial charge in [-0.1, -0.05) is 30.3 Å². The number of rotatable bonds is 6. The molecule has 1 atom stereocenters. The Labute approximate surface area is 122 Å². The first-order chi connectivity index (χ1) is 10.2. The molecule has 110 valence electrons. The van der Waals surface area contributed by atoms with Crippen molar-refractivity contribution in [1.29, 1.82) is 0 Å². The molecule has 0 bridgehead atoms. The molecule has 2 nitrogen and oxygen atoms in total. The van der Waals surface area contributed by atoms with Gasteiger partial charge in [0, 0.05) is 18.7 Å². The SMILES string of the molecule is Fc1ccc(OC(CNC2CC2)c2ccccc2)cc1F. The molecule has 1 unspecified atom stereocenters. The molecule has 4 heteroatoms. The van der Waals surface area contributed by atoms with Gasteiger partial charge in [0.1, 0.15) is 11.9 Å². The fourth-order valence-corrected chi connectivity index (χ4v) is 2.17. The molecule has 1 aliphatic rings. The zero-order valence-corrected chi connectivity index (χ0v) is 11.6. The van der Waals surface area contributed by atoms with Gasteiger partial charge in [0.05, 0.1) is 0 Å². The highest BCUT2D eigenvalue weighted by molar-refractivity contribution is 5.26. The van der Waals surface area contributed by atoms with Crippen LogP contribution in [0, 0.1) is 11.6 Å². The maximum atomic E-state index is 13.3. The Bertz CT molecular complexity index is 599. The lowest BCUT2D eigenvalue weighted by Crippen LogP contribution is -2.26. The molecule has 0 amide bonds. The zero-order valence-electron chi connectivity index (χ0n) is 11.6. The van der Waals surface area contributed by atoms with Crippen molar-refractivity contribution in [2.45, 2.75) is 25.0 Å². The number of hydrogen-bond acceptors (Lipinski definition) is 2. The molecule has 1 N–H and O–H groups in total. The minimum absolute atomic E-state index is 0.225. The molecule has 1 saturated carbocycles. The van der Waals surface area contributed by atoms with Crippen LogP contribution in [0.25, 0.3) is 0 Å². The molecular weight excluding hydrogens is 272 g/mol. The summed E-state index contributed by atoms with van der Waals surface area (Å²) in [7, 11) is 0. The molecule has 3 rings (SSSR count). The number of halogens is 2. The van der Waals surface area contributed by atoms with Crippen molar-refractivity contribution >= 4 is 0 Å². The van der Waals surface area contributed by atoms with E-state index in [1.807, 2.05) is 30.3 Å². The lowest BCUT2D eigenvalue weighted by Gasteiger charge is -2.20. The molecule has 0 aliphatic heterocycles. The fourth-order valence-electron chi connectivity index (χ4n) is 2.17. The third-order valence-corrected chi connectivity index (χ3v) is 3.51. The minimum atomic E-state index is -0.894. The lowest BCUT2D eigenvalue weighted by atomic mass is 10.1. The van der Waals surface area contributed by atoms with E-state index in [4.69, 9.17) is 4.74 Å². The van der Waals surface area contributed by atoms with Crippen molar-refractivity contribution in [1.82, 2.24) is 5.32 Å². The van der Waals surface area contributed by atoms with Crippen LogP contribution >= 0.6 is 0 Å². The summed E-state index contributed by atoms with van der Waals surface area (Å²) < 4.78 is 32.1. The maximum Gasteiger partial charge on any atom is 0.162 e. The molecule has 0 radical (unpaired) electrons. The van der Waals surface area contributed by atoms with Gasteiger partial charge in [0.2, 0.25) is 0 Å². The number of nitrogens with one attached hydrogen (secondary N) is 1. The Hall–Kier alpha value is -1.94. The summed E-state index contributed by atoms with van der Waals surface area (Å²) in [5.41, 5.74) is 1.01. The first kappa shape index (κ1) is 14.0. The van der Waals surface area contributed by atoms with E-state index in [1.165, 1.54) is 18.9 Å². The van der Waals surface area contributed by atoms with E-state index < -0.39 is 11.6 Å². The molecular formula is C17H17F2NO. The van der Waals surface area contributed by atoms with E-state index in [1.54, 1.807) is 0 Å². The molecule has 1 fully saturated rings. The third-order valence-electron chi connectivity index (χ3n) is 3.51. The highest BCUT2D eigenvalue weighted by atomic mass is 19.2. The Morgan fingerprint density at radius 1 is 1.05 bits per heavy atom. The minimum Gasteiger partial charge on any atom is -0.484 e. The van der Waals surface area contributed by atoms with Gasteiger partial charge >= 0.3 is 0 Å². The van der Waals surface area contributed by atoms with Crippen LogP contribution in [-0.4, -0.2) is 12.6 Å². The quantitative estimate of drug-likeness (QED) is 0.872. The first-order valence-corrected chi connectivity index (χ1v) is 7.12. The standard InChI is InChI=1S/C17H17F2NO/c18-15-9-8-14(10-16(15)19)21-17(11-20-13-6-7-13)12-4-2-1-3-5-12/h1-5,8-10,13,17,20H,6-7,11H2. The molecule has 0 saturated heterocycles. The van der Waals surface area contributed by atoms with Gasteiger partial charge in [-0.05, 0) is 30.5 Å². The van der Waals surface area contributed by atoms with Crippen LogP contribution in [0.2, 0.25) is 0 Å². The van der Waals surface area contributed by atoms with Crippen molar-refractivity contribution in [3.8, 4) is 5.75 Å².